The first-order chi connectivity index (χ1) is 8.57. The van der Waals surface area contributed by atoms with Gasteiger partial charge in [-0.25, -0.2) is 0 Å². The molecule has 1 aliphatic heterocycles. The van der Waals surface area contributed by atoms with Crippen molar-refractivity contribution >= 4 is 5.91 Å². The van der Waals surface area contributed by atoms with Crippen molar-refractivity contribution in [3.05, 3.63) is 11.6 Å². The van der Waals surface area contributed by atoms with Crippen molar-refractivity contribution in [3.8, 4) is 0 Å². The fourth-order valence-electron chi connectivity index (χ4n) is 2.50. The van der Waals surface area contributed by atoms with E-state index in [1.807, 2.05) is 20.8 Å². The van der Waals surface area contributed by atoms with E-state index in [0.717, 1.165) is 6.08 Å². The molecule has 0 N–H and O–H groups in total. The van der Waals surface area contributed by atoms with E-state index >= 15 is 0 Å². The Kier molecular flexibility index (Phi) is 4.69. The summed E-state index contributed by atoms with van der Waals surface area (Å²) in [5.74, 6) is -0.464. The van der Waals surface area contributed by atoms with E-state index in [9.17, 15) is 18.0 Å². The molecule has 110 valence electrons. The zero-order chi connectivity index (χ0) is 14.8. The minimum Gasteiger partial charge on any atom is -0.342 e. The van der Waals surface area contributed by atoms with Crippen LogP contribution < -0.4 is 0 Å². The highest BCUT2D eigenvalue weighted by atomic mass is 19.4. The Morgan fingerprint density at radius 1 is 1.16 bits per heavy atom. The molecule has 1 fully saturated rings. The number of allylic oxidation sites excluding steroid dienone is 2. The Balaban J connectivity index is 2.66. The maximum absolute atomic E-state index is 12.8. The summed E-state index contributed by atoms with van der Waals surface area (Å²) in [6.07, 6.45) is -2.32. The van der Waals surface area contributed by atoms with Gasteiger partial charge in [0.05, 0.1) is 0 Å². The quantitative estimate of drug-likeness (QED) is 0.668. The summed E-state index contributed by atoms with van der Waals surface area (Å²) < 4.78 is 38.4. The van der Waals surface area contributed by atoms with Crippen LogP contribution in [-0.4, -0.2) is 30.1 Å². The molecule has 1 heterocycles. The number of carbonyl (C=O) groups is 1. The van der Waals surface area contributed by atoms with Gasteiger partial charge in [-0.05, 0) is 25.7 Å². The van der Waals surface area contributed by atoms with Gasteiger partial charge in [-0.2, -0.15) is 13.2 Å². The van der Waals surface area contributed by atoms with Crippen molar-refractivity contribution < 1.29 is 18.0 Å². The smallest absolute Gasteiger partial charge is 0.342 e. The summed E-state index contributed by atoms with van der Waals surface area (Å²) in [6, 6.07) is 0. The number of piperidine rings is 1. The molecule has 1 amide bonds. The second kappa shape index (κ2) is 5.55. The highest BCUT2D eigenvalue weighted by Gasteiger charge is 2.40. The number of nitrogens with zero attached hydrogens (tertiary/aromatic N) is 1. The van der Waals surface area contributed by atoms with Crippen LogP contribution in [0.25, 0.3) is 0 Å². The summed E-state index contributed by atoms with van der Waals surface area (Å²) in [4.78, 5) is 13.7. The summed E-state index contributed by atoms with van der Waals surface area (Å²) in [6.45, 7) is 7.73. The molecule has 5 heteroatoms. The first kappa shape index (κ1) is 16.1. The fourth-order valence-corrected chi connectivity index (χ4v) is 2.50. The van der Waals surface area contributed by atoms with Gasteiger partial charge in [-0.15, -0.1) is 0 Å². The molecule has 0 radical (unpaired) electrons. The van der Waals surface area contributed by atoms with Crippen LogP contribution in [0.4, 0.5) is 13.2 Å². The number of alkyl halides is 3. The Labute approximate surface area is 112 Å². The fraction of sp³-hybridized carbons (Fsp3) is 0.786. The first-order valence-electron chi connectivity index (χ1n) is 6.60. The molecule has 1 rings (SSSR count). The van der Waals surface area contributed by atoms with Gasteiger partial charge in [-0.3, -0.25) is 4.79 Å². The van der Waals surface area contributed by atoms with E-state index in [1.165, 1.54) is 6.92 Å². The molecular formula is C14H22F3NO. The van der Waals surface area contributed by atoms with Crippen molar-refractivity contribution in [2.45, 2.75) is 46.7 Å². The van der Waals surface area contributed by atoms with Gasteiger partial charge in [0.25, 0.3) is 0 Å². The Hall–Kier alpha value is -1.00. The molecule has 2 nitrogen and oxygen atoms in total. The van der Waals surface area contributed by atoms with Gasteiger partial charge in [0.2, 0.25) is 5.91 Å². The van der Waals surface area contributed by atoms with E-state index < -0.39 is 23.1 Å². The standard InChI is InChI=1S/C14H22F3NO/c1-5-11(14(15,16)17)10-6-8-18(9-7-10)12(19)13(2,3)4/h5,10H,6-9H2,1-4H3/b11-5-. The predicted octanol–water partition coefficient (Wildman–Crippen LogP) is 3.78. The normalized spacial score (nSPS) is 19.7. The zero-order valence-electron chi connectivity index (χ0n) is 12.0. The van der Waals surface area contributed by atoms with Crippen LogP contribution in [0, 0.1) is 11.3 Å². The van der Waals surface area contributed by atoms with Crippen LogP contribution in [-0.2, 0) is 4.79 Å². The second-order valence-electron chi connectivity index (χ2n) is 6.06. The van der Waals surface area contributed by atoms with Crippen LogP contribution >= 0.6 is 0 Å². The molecule has 0 atom stereocenters. The van der Waals surface area contributed by atoms with Crippen LogP contribution in [0.1, 0.15) is 40.5 Å². The monoisotopic (exact) mass is 277 g/mol. The van der Waals surface area contributed by atoms with Gasteiger partial charge in [0.1, 0.15) is 0 Å². The van der Waals surface area contributed by atoms with E-state index in [2.05, 4.69) is 0 Å². The van der Waals surface area contributed by atoms with Crippen molar-refractivity contribution in [2.24, 2.45) is 11.3 Å². The van der Waals surface area contributed by atoms with Crippen molar-refractivity contribution in [3.63, 3.8) is 0 Å². The van der Waals surface area contributed by atoms with Gasteiger partial charge in [0.15, 0.2) is 0 Å². The molecule has 0 aliphatic carbocycles. The van der Waals surface area contributed by atoms with E-state index in [1.54, 1.807) is 4.90 Å². The third-order valence-corrected chi connectivity index (χ3v) is 3.50. The molecule has 0 bridgehead atoms. The van der Waals surface area contributed by atoms with Crippen molar-refractivity contribution in [2.75, 3.05) is 13.1 Å². The average Bonchev–Trinajstić information content (AvgIpc) is 2.27. The lowest BCUT2D eigenvalue weighted by Crippen LogP contribution is -2.45. The van der Waals surface area contributed by atoms with Crippen LogP contribution in [0.3, 0.4) is 0 Å². The lowest BCUT2D eigenvalue weighted by Gasteiger charge is -2.36. The molecule has 19 heavy (non-hydrogen) atoms. The summed E-state index contributed by atoms with van der Waals surface area (Å²) in [5.41, 5.74) is -0.921. The third-order valence-electron chi connectivity index (χ3n) is 3.50. The molecule has 0 aromatic carbocycles. The van der Waals surface area contributed by atoms with E-state index in [-0.39, 0.29) is 5.91 Å². The Morgan fingerprint density at radius 3 is 1.95 bits per heavy atom. The maximum Gasteiger partial charge on any atom is 0.412 e. The Morgan fingerprint density at radius 2 is 1.63 bits per heavy atom. The molecule has 0 aromatic heterocycles. The second-order valence-corrected chi connectivity index (χ2v) is 6.06. The summed E-state index contributed by atoms with van der Waals surface area (Å²) in [5, 5.41) is 0. The average molecular weight is 277 g/mol. The van der Waals surface area contributed by atoms with E-state index in [0.29, 0.717) is 25.9 Å². The topological polar surface area (TPSA) is 20.3 Å². The number of likely N-dealkylation sites (tertiary alicyclic amines) is 1. The van der Waals surface area contributed by atoms with Gasteiger partial charge >= 0.3 is 6.18 Å². The third kappa shape index (κ3) is 3.98. The number of amides is 1. The van der Waals surface area contributed by atoms with Crippen LogP contribution in [0.15, 0.2) is 11.6 Å². The van der Waals surface area contributed by atoms with Crippen molar-refractivity contribution in [1.82, 2.24) is 4.90 Å². The van der Waals surface area contributed by atoms with E-state index in [4.69, 9.17) is 0 Å². The number of hydrogen-bond acceptors (Lipinski definition) is 1. The lowest BCUT2D eigenvalue weighted by atomic mass is 9.86. The number of hydrogen-bond donors (Lipinski definition) is 0. The minimum absolute atomic E-state index is 0.0139. The van der Waals surface area contributed by atoms with Crippen molar-refractivity contribution in [1.29, 1.82) is 0 Å². The maximum atomic E-state index is 12.8. The largest absolute Gasteiger partial charge is 0.412 e. The minimum atomic E-state index is -4.25. The molecule has 0 aromatic rings. The summed E-state index contributed by atoms with van der Waals surface area (Å²) in [7, 11) is 0. The van der Waals surface area contributed by atoms with Gasteiger partial charge in [-0.1, -0.05) is 26.8 Å². The van der Waals surface area contributed by atoms with Crippen LogP contribution in [0.5, 0.6) is 0 Å². The summed E-state index contributed by atoms with van der Waals surface area (Å²) >= 11 is 0. The Bertz CT molecular complexity index is 358. The molecule has 1 aliphatic rings. The number of rotatable bonds is 1. The highest BCUT2D eigenvalue weighted by Crippen LogP contribution is 2.37. The highest BCUT2D eigenvalue weighted by molar-refractivity contribution is 5.81. The molecule has 0 spiro atoms. The molecular weight excluding hydrogens is 255 g/mol. The molecule has 0 saturated carbocycles. The number of carbonyl (C=O) groups excluding carboxylic acids is 1. The first-order valence-corrected chi connectivity index (χ1v) is 6.60. The van der Waals surface area contributed by atoms with Gasteiger partial charge < -0.3 is 4.90 Å². The molecule has 0 unspecified atom stereocenters. The zero-order valence-corrected chi connectivity index (χ0v) is 12.0. The number of halogens is 3. The lowest BCUT2D eigenvalue weighted by molar-refractivity contribution is -0.141. The predicted molar refractivity (Wildman–Crippen MR) is 68.6 cm³/mol. The SMILES string of the molecule is C/C=C(/C1CCN(C(=O)C(C)(C)C)CC1)C(F)(F)F. The molecule has 1 saturated heterocycles. The van der Waals surface area contributed by atoms with Gasteiger partial charge in [0, 0.05) is 24.1 Å². The van der Waals surface area contributed by atoms with Crippen LogP contribution in [0.2, 0.25) is 0 Å².